The van der Waals surface area contributed by atoms with Crippen molar-refractivity contribution in [1.82, 2.24) is 9.80 Å². The van der Waals surface area contributed by atoms with Crippen LogP contribution in [0.1, 0.15) is 24.2 Å². The van der Waals surface area contributed by atoms with E-state index in [4.69, 9.17) is 9.15 Å². The highest BCUT2D eigenvalue weighted by Gasteiger charge is 2.19. The maximum absolute atomic E-state index is 12.5. The fraction of sp³-hybridized carbons (Fsp3) is 0.550. The van der Waals surface area contributed by atoms with Gasteiger partial charge in [0.05, 0.1) is 12.0 Å². The molecule has 5 nitrogen and oxygen atoms in total. The van der Waals surface area contributed by atoms with Crippen LogP contribution in [0.25, 0.3) is 11.0 Å². The summed E-state index contributed by atoms with van der Waals surface area (Å²) in [6.45, 7) is 6.34. The van der Waals surface area contributed by atoms with Gasteiger partial charge < -0.3 is 19.0 Å². The average Bonchev–Trinajstić information content (AvgIpc) is 3.09. The minimum Gasteiger partial charge on any atom is -0.493 e. The largest absolute Gasteiger partial charge is 0.493 e. The molecule has 5 heteroatoms. The molecule has 1 saturated heterocycles. The van der Waals surface area contributed by atoms with Gasteiger partial charge in [-0.1, -0.05) is 0 Å². The molecule has 2 aromatic rings. The lowest BCUT2D eigenvalue weighted by Crippen LogP contribution is -2.44. The van der Waals surface area contributed by atoms with E-state index in [1.807, 2.05) is 18.2 Å². The summed E-state index contributed by atoms with van der Waals surface area (Å²) in [5, 5.41) is 0.672. The van der Waals surface area contributed by atoms with Crippen molar-refractivity contribution in [2.24, 2.45) is 0 Å². The fourth-order valence-electron chi connectivity index (χ4n) is 3.78. The molecule has 1 aromatic carbocycles. The van der Waals surface area contributed by atoms with Crippen molar-refractivity contribution in [2.75, 3.05) is 46.4 Å². The molecule has 1 aliphatic heterocycles. The van der Waals surface area contributed by atoms with Crippen molar-refractivity contribution in [3.05, 3.63) is 39.7 Å². The number of benzene rings is 1. The monoisotopic (exact) mass is 342 g/mol. The van der Waals surface area contributed by atoms with E-state index in [2.05, 4.69) is 16.8 Å². The molecule has 0 atom stereocenters. The zero-order valence-corrected chi connectivity index (χ0v) is 14.9. The predicted molar refractivity (Wildman–Crippen MR) is 98.6 cm³/mol. The lowest BCUT2D eigenvalue weighted by molar-refractivity contribution is 0.145. The number of hydrogen-bond donors (Lipinski definition) is 0. The molecule has 1 fully saturated rings. The molecule has 0 amide bonds. The molecule has 2 aliphatic rings. The van der Waals surface area contributed by atoms with Crippen molar-refractivity contribution >= 4 is 11.0 Å². The second-order valence-corrected chi connectivity index (χ2v) is 7.19. The highest BCUT2D eigenvalue weighted by atomic mass is 16.5. The number of fused-ring (bicyclic) bond motifs is 2. The second-order valence-electron chi connectivity index (χ2n) is 7.19. The Morgan fingerprint density at radius 3 is 2.84 bits per heavy atom. The van der Waals surface area contributed by atoms with Crippen LogP contribution in [0.5, 0.6) is 5.75 Å². The number of likely N-dealkylation sites (N-methyl/N-ethyl adjacent to an activating group) is 1. The van der Waals surface area contributed by atoms with Gasteiger partial charge in [0.25, 0.3) is 0 Å². The van der Waals surface area contributed by atoms with Crippen LogP contribution < -0.4 is 10.2 Å². The lowest BCUT2D eigenvalue weighted by atomic mass is 10.1. The summed E-state index contributed by atoms with van der Waals surface area (Å²) in [5.74, 6) is 1.65. The molecule has 0 N–H and O–H groups in total. The summed E-state index contributed by atoms with van der Waals surface area (Å²) < 4.78 is 11.8. The maximum Gasteiger partial charge on any atom is 0.196 e. The number of nitrogens with zero attached hydrogens (tertiary/aromatic N) is 2. The van der Waals surface area contributed by atoms with E-state index in [1.165, 1.54) is 0 Å². The molecule has 4 rings (SSSR count). The van der Waals surface area contributed by atoms with Crippen LogP contribution in [0.4, 0.5) is 0 Å². The number of hydrogen-bond acceptors (Lipinski definition) is 5. The van der Waals surface area contributed by atoms with Crippen LogP contribution >= 0.6 is 0 Å². The van der Waals surface area contributed by atoms with Crippen LogP contribution in [-0.4, -0.2) is 56.2 Å². The first-order chi connectivity index (χ1) is 12.2. The zero-order valence-electron chi connectivity index (χ0n) is 14.9. The second kappa shape index (κ2) is 7.18. The van der Waals surface area contributed by atoms with E-state index in [-0.39, 0.29) is 5.43 Å². The van der Waals surface area contributed by atoms with Gasteiger partial charge >= 0.3 is 0 Å². The number of piperazine rings is 1. The highest BCUT2D eigenvalue weighted by Crippen LogP contribution is 2.26. The molecular formula is C20H26N2O3. The Morgan fingerprint density at radius 2 is 2.00 bits per heavy atom. The van der Waals surface area contributed by atoms with E-state index >= 15 is 0 Å². The third kappa shape index (κ3) is 3.58. The van der Waals surface area contributed by atoms with Crippen LogP contribution in [0.15, 0.2) is 27.4 Å². The first kappa shape index (κ1) is 16.6. The van der Waals surface area contributed by atoms with Crippen molar-refractivity contribution in [3.8, 4) is 5.75 Å². The maximum atomic E-state index is 12.5. The molecule has 0 saturated carbocycles. The van der Waals surface area contributed by atoms with E-state index in [1.54, 1.807) is 0 Å². The highest BCUT2D eigenvalue weighted by molar-refractivity contribution is 5.79. The first-order valence-corrected chi connectivity index (χ1v) is 9.33. The third-order valence-electron chi connectivity index (χ3n) is 5.36. The summed E-state index contributed by atoms with van der Waals surface area (Å²) in [4.78, 5) is 17.3. The average molecular weight is 342 g/mol. The Morgan fingerprint density at radius 1 is 1.16 bits per heavy atom. The van der Waals surface area contributed by atoms with E-state index in [9.17, 15) is 4.79 Å². The smallest absolute Gasteiger partial charge is 0.196 e. The lowest BCUT2D eigenvalue weighted by Gasteiger charge is -2.32. The first-order valence-electron chi connectivity index (χ1n) is 9.33. The van der Waals surface area contributed by atoms with Gasteiger partial charge in [-0.05, 0) is 38.4 Å². The molecule has 0 bridgehead atoms. The van der Waals surface area contributed by atoms with Crippen molar-refractivity contribution < 1.29 is 9.15 Å². The van der Waals surface area contributed by atoms with Gasteiger partial charge in [0.2, 0.25) is 0 Å². The number of ether oxygens (including phenoxy) is 1. The molecule has 0 radical (unpaired) electrons. The van der Waals surface area contributed by atoms with Gasteiger partial charge in [-0.3, -0.25) is 4.79 Å². The van der Waals surface area contributed by atoms with Crippen molar-refractivity contribution in [3.63, 3.8) is 0 Å². The molecule has 1 aromatic heterocycles. The molecular weight excluding hydrogens is 316 g/mol. The predicted octanol–water partition coefficient (Wildman–Crippen LogP) is 2.30. The van der Waals surface area contributed by atoms with E-state index in [0.29, 0.717) is 17.6 Å². The van der Waals surface area contributed by atoms with Gasteiger partial charge in [-0.2, -0.15) is 0 Å². The van der Waals surface area contributed by atoms with Gasteiger partial charge in [-0.15, -0.1) is 0 Å². The molecule has 2 heterocycles. The van der Waals surface area contributed by atoms with E-state index < -0.39 is 0 Å². The zero-order chi connectivity index (χ0) is 17.2. The van der Waals surface area contributed by atoms with Gasteiger partial charge in [0, 0.05) is 50.8 Å². The summed E-state index contributed by atoms with van der Waals surface area (Å²) in [7, 11) is 2.17. The molecule has 0 unspecified atom stereocenters. The quantitative estimate of drug-likeness (QED) is 0.780. The topological polar surface area (TPSA) is 45.9 Å². The summed E-state index contributed by atoms with van der Waals surface area (Å²) in [6, 6.07) is 5.59. The van der Waals surface area contributed by atoms with E-state index in [0.717, 1.165) is 75.5 Å². The van der Waals surface area contributed by atoms with Crippen LogP contribution in [-0.2, 0) is 12.8 Å². The van der Waals surface area contributed by atoms with Crippen molar-refractivity contribution in [1.29, 1.82) is 0 Å². The minimum atomic E-state index is 0.135. The Labute approximate surface area is 148 Å². The van der Waals surface area contributed by atoms with Crippen LogP contribution in [0.3, 0.4) is 0 Å². The Bertz CT molecular complexity index is 806. The van der Waals surface area contributed by atoms with Crippen molar-refractivity contribution in [2.45, 2.75) is 25.7 Å². The van der Waals surface area contributed by atoms with Gasteiger partial charge in [0.15, 0.2) is 5.43 Å². The normalized spacial score (nSPS) is 18.6. The summed E-state index contributed by atoms with van der Waals surface area (Å²) >= 11 is 0. The Kier molecular flexibility index (Phi) is 4.77. The summed E-state index contributed by atoms with van der Waals surface area (Å²) in [6.07, 6.45) is 3.74. The van der Waals surface area contributed by atoms with Crippen LogP contribution in [0.2, 0.25) is 0 Å². The van der Waals surface area contributed by atoms with Crippen LogP contribution in [0, 0.1) is 0 Å². The number of rotatable bonds is 5. The molecule has 25 heavy (non-hydrogen) atoms. The minimum absolute atomic E-state index is 0.135. The summed E-state index contributed by atoms with van der Waals surface area (Å²) in [5.41, 5.74) is 1.66. The Hall–Kier alpha value is -1.85. The standard InChI is InChI=1S/C20H26N2O3/c1-21-9-11-22(12-10-21)8-3-13-24-15-6-7-17-19(14-15)25-18-5-2-4-16(18)20(17)23/h6-7,14H,2-5,8-13H2,1H3. The van der Waals surface area contributed by atoms with Gasteiger partial charge in [-0.25, -0.2) is 0 Å². The fourth-order valence-corrected chi connectivity index (χ4v) is 3.78. The SMILES string of the molecule is CN1CCN(CCCOc2ccc3c(=O)c4c(oc3c2)CCC4)CC1. The molecule has 0 spiro atoms. The third-order valence-corrected chi connectivity index (χ3v) is 5.36. The van der Waals surface area contributed by atoms with Gasteiger partial charge in [0.1, 0.15) is 17.1 Å². The Balaban J connectivity index is 1.36. The molecule has 1 aliphatic carbocycles. The number of aryl methyl sites for hydroxylation is 1. The molecule has 134 valence electrons.